The summed E-state index contributed by atoms with van der Waals surface area (Å²) >= 11 is 5.92. The number of hydrogen-bond acceptors (Lipinski definition) is 2. The van der Waals surface area contributed by atoms with Crippen LogP contribution >= 0.6 is 11.6 Å². The van der Waals surface area contributed by atoms with Gasteiger partial charge >= 0.3 is 0 Å². The molecule has 0 amide bonds. The number of para-hydroxylation sites is 2. The first-order chi connectivity index (χ1) is 8.80. The molecule has 1 aromatic heterocycles. The molecule has 0 atom stereocenters. The monoisotopic (exact) mass is 265 g/mol. The lowest BCUT2D eigenvalue weighted by atomic mass is 10.1. The van der Waals surface area contributed by atoms with Crippen LogP contribution < -0.4 is 4.90 Å². The van der Waals surface area contributed by atoms with E-state index in [2.05, 4.69) is 34.8 Å². The second-order valence-corrected chi connectivity index (χ2v) is 4.81. The van der Waals surface area contributed by atoms with Gasteiger partial charge in [-0.15, -0.1) is 11.6 Å². The van der Waals surface area contributed by atoms with E-state index < -0.39 is 0 Å². The molecule has 0 aliphatic rings. The lowest BCUT2D eigenvalue weighted by molar-refractivity contribution is 0.559. The van der Waals surface area contributed by atoms with Crippen molar-refractivity contribution in [3.8, 4) is 0 Å². The highest BCUT2D eigenvalue weighted by Crippen LogP contribution is 2.21. The van der Waals surface area contributed by atoms with Crippen molar-refractivity contribution >= 4 is 28.6 Å². The minimum Gasteiger partial charge on any atom is -0.338 e. The highest BCUT2D eigenvalue weighted by atomic mass is 35.5. The molecule has 0 radical (unpaired) electrons. The Hall–Kier alpha value is -1.22. The number of aromatic amines is 1. The summed E-state index contributed by atoms with van der Waals surface area (Å²) in [6.07, 6.45) is 2.20. The summed E-state index contributed by atoms with van der Waals surface area (Å²) in [7, 11) is 0. The molecule has 1 N–H and O–H groups in total. The summed E-state index contributed by atoms with van der Waals surface area (Å²) in [4.78, 5) is 10.3. The number of aromatic nitrogens is 2. The van der Waals surface area contributed by atoms with Crippen molar-refractivity contribution < 1.29 is 0 Å². The molecular formula is C14H20ClN3. The van der Waals surface area contributed by atoms with Crippen LogP contribution in [0.5, 0.6) is 0 Å². The third-order valence-electron chi connectivity index (χ3n) is 3.36. The second kappa shape index (κ2) is 6.10. The van der Waals surface area contributed by atoms with Gasteiger partial charge in [-0.1, -0.05) is 26.0 Å². The topological polar surface area (TPSA) is 31.9 Å². The van der Waals surface area contributed by atoms with E-state index in [9.17, 15) is 0 Å². The van der Waals surface area contributed by atoms with Crippen LogP contribution in [0.4, 0.5) is 5.95 Å². The van der Waals surface area contributed by atoms with Crippen LogP contribution in [-0.2, 0) is 0 Å². The van der Waals surface area contributed by atoms with E-state index in [4.69, 9.17) is 11.6 Å². The quantitative estimate of drug-likeness (QED) is 0.806. The van der Waals surface area contributed by atoms with Crippen LogP contribution in [-0.4, -0.2) is 28.4 Å². The second-order valence-electron chi connectivity index (χ2n) is 4.43. The summed E-state index contributed by atoms with van der Waals surface area (Å²) in [6.45, 7) is 5.24. The Morgan fingerprint density at radius 3 is 2.61 bits per heavy atom. The zero-order valence-corrected chi connectivity index (χ0v) is 11.7. The zero-order chi connectivity index (χ0) is 13.0. The van der Waals surface area contributed by atoms with Crippen molar-refractivity contribution in [3.05, 3.63) is 24.3 Å². The van der Waals surface area contributed by atoms with E-state index in [1.165, 1.54) is 0 Å². The standard InChI is InChI=1S/C14H20ClN3/c1-3-11(4-2)18(10-9-15)14-16-12-7-5-6-8-13(12)17-14/h5-8,11H,3-4,9-10H2,1-2H3,(H,16,17). The third kappa shape index (κ3) is 2.61. The van der Waals surface area contributed by atoms with E-state index in [0.29, 0.717) is 11.9 Å². The van der Waals surface area contributed by atoms with Crippen LogP contribution in [0.25, 0.3) is 11.0 Å². The summed E-state index contributed by atoms with van der Waals surface area (Å²) < 4.78 is 0. The molecule has 2 aromatic rings. The molecule has 0 fully saturated rings. The number of anilines is 1. The molecule has 0 aliphatic carbocycles. The number of H-pyrrole nitrogens is 1. The highest BCUT2D eigenvalue weighted by Gasteiger charge is 2.18. The fourth-order valence-electron chi connectivity index (χ4n) is 2.36. The molecular weight excluding hydrogens is 246 g/mol. The number of fused-ring (bicyclic) bond motifs is 1. The molecule has 1 heterocycles. The summed E-state index contributed by atoms with van der Waals surface area (Å²) in [5.41, 5.74) is 2.09. The molecule has 2 rings (SSSR count). The summed E-state index contributed by atoms with van der Waals surface area (Å²) in [5, 5.41) is 0. The highest BCUT2D eigenvalue weighted by molar-refractivity contribution is 6.18. The number of halogens is 1. The number of hydrogen-bond donors (Lipinski definition) is 1. The molecule has 18 heavy (non-hydrogen) atoms. The first kappa shape index (κ1) is 13.2. The molecule has 0 aliphatic heterocycles. The van der Waals surface area contributed by atoms with E-state index in [-0.39, 0.29) is 0 Å². The van der Waals surface area contributed by atoms with Crippen LogP contribution in [0.1, 0.15) is 26.7 Å². The molecule has 3 nitrogen and oxygen atoms in total. The Bertz CT molecular complexity index is 457. The lowest BCUT2D eigenvalue weighted by Gasteiger charge is -2.29. The average Bonchev–Trinajstić information content (AvgIpc) is 2.82. The van der Waals surface area contributed by atoms with Gasteiger partial charge in [-0.2, -0.15) is 0 Å². The van der Waals surface area contributed by atoms with Crippen molar-refractivity contribution in [2.45, 2.75) is 32.7 Å². The van der Waals surface area contributed by atoms with Crippen molar-refractivity contribution in [1.29, 1.82) is 0 Å². The van der Waals surface area contributed by atoms with Crippen LogP contribution in [0.3, 0.4) is 0 Å². The fraction of sp³-hybridized carbons (Fsp3) is 0.500. The first-order valence-corrected chi connectivity index (χ1v) is 7.11. The maximum absolute atomic E-state index is 5.92. The van der Waals surface area contributed by atoms with Crippen LogP contribution in [0.15, 0.2) is 24.3 Å². The van der Waals surface area contributed by atoms with Crippen molar-refractivity contribution in [2.24, 2.45) is 0 Å². The molecule has 0 bridgehead atoms. The number of alkyl halides is 1. The smallest absolute Gasteiger partial charge is 0.204 e. The van der Waals surface area contributed by atoms with E-state index in [1.807, 2.05) is 18.2 Å². The molecule has 0 saturated carbocycles. The number of imidazole rings is 1. The van der Waals surface area contributed by atoms with Crippen molar-refractivity contribution in [3.63, 3.8) is 0 Å². The molecule has 0 unspecified atom stereocenters. The van der Waals surface area contributed by atoms with Gasteiger partial charge in [-0.3, -0.25) is 0 Å². The van der Waals surface area contributed by atoms with Gasteiger partial charge < -0.3 is 9.88 Å². The van der Waals surface area contributed by atoms with Gasteiger partial charge in [0.2, 0.25) is 5.95 Å². The van der Waals surface area contributed by atoms with Gasteiger partial charge in [-0.05, 0) is 25.0 Å². The predicted molar refractivity (Wildman–Crippen MR) is 78.5 cm³/mol. The SMILES string of the molecule is CCC(CC)N(CCCl)c1nc2ccccc2[nH]1. The Balaban J connectivity index is 2.34. The van der Waals surface area contributed by atoms with Gasteiger partial charge in [0, 0.05) is 18.5 Å². The average molecular weight is 266 g/mol. The zero-order valence-electron chi connectivity index (χ0n) is 11.0. The van der Waals surface area contributed by atoms with Gasteiger partial charge in [0.05, 0.1) is 11.0 Å². The van der Waals surface area contributed by atoms with Crippen LogP contribution in [0.2, 0.25) is 0 Å². The Morgan fingerprint density at radius 1 is 1.28 bits per heavy atom. The predicted octanol–water partition coefficient (Wildman–Crippen LogP) is 3.80. The maximum Gasteiger partial charge on any atom is 0.204 e. The Morgan fingerprint density at radius 2 is 2.00 bits per heavy atom. The Kier molecular flexibility index (Phi) is 4.48. The summed E-state index contributed by atoms with van der Waals surface area (Å²) in [5.74, 6) is 1.55. The third-order valence-corrected chi connectivity index (χ3v) is 3.53. The fourth-order valence-corrected chi connectivity index (χ4v) is 2.54. The van der Waals surface area contributed by atoms with Crippen molar-refractivity contribution in [2.75, 3.05) is 17.3 Å². The largest absolute Gasteiger partial charge is 0.338 e. The maximum atomic E-state index is 5.92. The Labute approximate surface area is 113 Å². The van der Waals surface area contributed by atoms with E-state index in [0.717, 1.165) is 36.4 Å². The number of nitrogens with one attached hydrogen (secondary N) is 1. The number of benzene rings is 1. The minimum absolute atomic E-state index is 0.490. The van der Waals surface area contributed by atoms with Gasteiger partial charge in [0.15, 0.2) is 0 Å². The molecule has 0 spiro atoms. The van der Waals surface area contributed by atoms with Crippen molar-refractivity contribution in [1.82, 2.24) is 9.97 Å². The van der Waals surface area contributed by atoms with E-state index in [1.54, 1.807) is 0 Å². The number of nitrogens with zero attached hydrogens (tertiary/aromatic N) is 2. The normalized spacial score (nSPS) is 11.3. The van der Waals surface area contributed by atoms with E-state index >= 15 is 0 Å². The minimum atomic E-state index is 0.490. The van der Waals surface area contributed by atoms with Gasteiger partial charge in [-0.25, -0.2) is 4.98 Å². The van der Waals surface area contributed by atoms with Gasteiger partial charge in [0.1, 0.15) is 0 Å². The first-order valence-electron chi connectivity index (χ1n) is 6.57. The molecule has 1 aromatic carbocycles. The summed E-state index contributed by atoms with van der Waals surface area (Å²) in [6, 6.07) is 8.60. The lowest BCUT2D eigenvalue weighted by Crippen LogP contribution is -2.36. The number of rotatable bonds is 6. The molecule has 4 heteroatoms. The molecule has 0 saturated heterocycles. The molecule has 98 valence electrons. The van der Waals surface area contributed by atoms with Gasteiger partial charge in [0.25, 0.3) is 0 Å². The van der Waals surface area contributed by atoms with Crippen LogP contribution in [0, 0.1) is 0 Å².